The Morgan fingerprint density at radius 2 is 2.06 bits per heavy atom. The van der Waals surface area contributed by atoms with Gasteiger partial charge in [-0.3, -0.25) is 9.59 Å². The topological polar surface area (TPSA) is 58.2 Å². The average Bonchev–Trinajstić information content (AvgIpc) is 2.28. The summed E-state index contributed by atoms with van der Waals surface area (Å²) < 4.78 is 0.912. The number of benzene rings is 1. The van der Waals surface area contributed by atoms with Gasteiger partial charge in [-0.15, -0.1) is 0 Å². The van der Waals surface area contributed by atoms with Crippen LogP contribution in [0, 0.1) is 0 Å². The molecule has 0 heterocycles. The molecule has 5 heteroatoms. The second-order valence-electron chi connectivity index (χ2n) is 3.51. The first-order valence-electron chi connectivity index (χ1n) is 5.44. The first kappa shape index (κ1) is 13.7. The Bertz CT molecular complexity index is 407. The smallest absolute Gasteiger partial charge is 0.226 e. The van der Waals surface area contributed by atoms with E-state index >= 15 is 0 Å². The van der Waals surface area contributed by atoms with Crippen LogP contribution >= 0.6 is 15.9 Å². The molecule has 0 radical (unpaired) electrons. The van der Waals surface area contributed by atoms with Crippen LogP contribution < -0.4 is 10.6 Å². The van der Waals surface area contributed by atoms with Gasteiger partial charge in [0.15, 0.2) is 0 Å². The monoisotopic (exact) mass is 298 g/mol. The first-order valence-corrected chi connectivity index (χ1v) is 6.23. The average molecular weight is 299 g/mol. The number of rotatable bonds is 5. The minimum atomic E-state index is -0.112. The van der Waals surface area contributed by atoms with Gasteiger partial charge >= 0.3 is 0 Å². The number of amides is 2. The molecule has 1 aromatic rings. The molecular weight excluding hydrogens is 284 g/mol. The Morgan fingerprint density at radius 3 is 2.71 bits per heavy atom. The molecule has 1 aromatic carbocycles. The minimum Gasteiger partial charge on any atom is -0.356 e. The Morgan fingerprint density at radius 1 is 1.29 bits per heavy atom. The zero-order chi connectivity index (χ0) is 12.7. The van der Waals surface area contributed by atoms with E-state index in [-0.39, 0.29) is 18.2 Å². The lowest BCUT2D eigenvalue weighted by Gasteiger charge is -2.06. The van der Waals surface area contributed by atoms with Gasteiger partial charge in [-0.05, 0) is 18.2 Å². The van der Waals surface area contributed by atoms with Crippen molar-refractivity contribution < 1.29 is 9.59 Å². The summed E-state index contributed by atoms with van der Waals surface area (Å²) in [5.74, 6) is -0.153. The normalized spacial score (nSPS) is 9.76. The highest BCUT2D eigenvalue weighted by atomic mass is 79.9. The van der Waals surface area contributed by atoms with E-state index in [4.69, 9.17) is 0 Å². The van der Waals surface area contributed by atoms with Crippen molar-refractivity contribution in [3.63, 3.8) is 0 Å². The van der Waals surface area contributed by atoms with Crippen molar-refractivity contribution in [2.24, 2.45) is 0 Å². The van der Waals surface area contributed by atoms with Gasteiger partial charge in [0, 0.05) is 29.5 Å². The molecule has 0 aliphatic carbocycles. The van der Waals surface area contributed by atoms with Crippen LogP contribution in [0.25, 0.3) is 0 Å². The molecule has 4 nitrogen and oxygen atoms in total. The standard InChI is InChI=1S/C12H15BrN2O2/c1-2-11(16)14-7-6-12(17)15-10-5-3-4-9(13)8-10/h3-5,8H,2,6-7H2,1H3,(H,14,16)(H,15,17). The lowest BCUT2D eigenvalue weighted by molar-refractivity contribution is -0.121. The number of nitrogens with one attached hydrogen (secondary N) is 2. The van der Waals surface area contributed by atoms with Crippen LogP contribution in [0.5, 0.6) is 0 Å². The highest BCUT2D eigenvalue weighted by molar-refractivity contribution is 9.10. The van der Waals surface area contributed by atoms with Crippen LogP contribution in [0.4, 0.5) is 5.69 Å². The maximum atomic E-state index is 11.5. The lowest BCUT2D eigenvalue weighted by Crippen LogP contribution is -2.26. The molecule has 0 saturated carbocycles. The predicted molar refractivity (Wildman–Crippen MR) is 70.7 cm³/mol. The Balaban J connectivity index is 2.32. The van der Waals surface area contributed by atoms with Gasteiger partial charge in [-0.2, -0.15) is 0 Å². The Hall–Kier alpha value is -1.36. The van der Waals surface area contributed by atoms with E-state index < -0.39 is 0 Å². The maximum absolute atomic E-state index is 11.5. The van der Waals surface area contributed by atoms with Gasteiger partial charge in [0.2, 0.25) is 11.8 Å². The zero-order valence-corrected chi connectivity index (χ0v) is 11.2. The van der Waals surface area contributed by atoms with Gasteiger partial charge in [0.05, 0.1) is 0 Å². The van der Waals surface area contributed by atoms with E-state index in [0.717, 1.165) is 10.2 Å². The summed E-state index contributed by atoms with van der Waals surface area (Å²) in [6.45, 7) is 2.14. The number of hydrogen-bond donors (Lipinski definition) is 2. The van der Waals surface area contributed by atoms with Crippen LogP contribution in [0.1, 0.15) is 19.8 Å². The molecule has 0 spiro atoms. The number of carbonyl (C=O) groups excluding carboxylic acids is 2. The van der Waals surface area contributed by atoms with Crippen LogP contribution in [0.2, 0.25) is 0 Å². The fourth-order valence-electron chi connectivity index (χ4n) is 1.23. The van der Waals surface area contributed by atoms with Crippen molar-refractivity contribution in [2.75, 3.05) is 11.9 Å². The van der Waals surface area contributed by atoms with Crippen LogP contribution in [0.15, 0.2) is 28.7 Å². The number of carbonyl (C=O) groups is 2. The molecule has 0 bridgehead atoms. The van der Waals surface area contributed by atoms with E-state index in [1.807, 2.05) is 24.3 Å². The summed E-state index contributed by atoms with van der Waals surface area (Å²) in [5, 5.41) is 5.41. The zero-order valence-electron chi connectivity index (χ0n) is 9.63. The third-order valence-corrected chi connectivity index (χ3v) is 2.60. The molecule has 0 atom stereocenters. The summed E-state index contributed by atoms with van der Waals surface area (Å²) in [4.78, 5) is 22.5. The second kappa shape index (κ2) is 7.06. The lowest BCUT2D eigenvalue weighted by atomic mass is 10.3. The van der Waals surface area contributed by atoms with Crippen molar-refractivity contribution in [1.29, 1.82) is 0 Å². The molecular formula is C12H15BrN2O2. The number of hydrogen-bond acceptors (Lipinski definition) is 2. The quantitative estimate of drug-likeness (QED) is 0.876. The van der Waals surface area contributed by atoms with Gasteiger partial charge in [0.25, 0.3) is 0 Å². The summed E-state index contributed by atoms with van der Waals surface area (Å²) >= 11 is 3.32. The van der Waals surface area contributed by atoms with E-state index in [1.165, 1.54) is 0 Å². The molecule has 0 unspecified atom stereocenters. The van der Waals surface area contributed by atoms with Crippen molar-refractivity contribution in [1.82, 2.24) is 5.32 Å². The molecule has 0 saturated heterocycles. The van der Waals surface area contributed by atoms with Crippen LogP contribution in [-0.4, -0.2) is 18.4 Å². The van der Waals surface area contributed by atoms with Gasteiger partial charge in [-0.25, -0.2) is 0 Å². The molecule has 0 aromatic heterocycles. The van der Waals surface area contributed by atoms with Crippen molar-refractivity contribution in [3.05, 3.63) is 28.7 Å². The number of anilines is 1. The summed E-state index contributed by atoms with van der Waals surface area (Å²) in [6, 6.07) is 7.37. The Kier molecular flexibility index (Phi) is 5.69. The Labute approximate surface area is 109 Å². The summed E-state index contributed by atoms with van der Waals surface area (Å²) in [7, 11) is 0. The van der Waals surface area contributed by atoms with E-state index in [1.54, 1.807) is 6.92 Å². The van der Waals surface area contributed by atoms with Crippen molar-refractivity contribution in [2.45, 2.75) is 19.8 Å². The molecule has 17 heavy (non-hydrogen) atoms. The molecule has 0 aliphatic heterocycles. The minimum absolute atomic E-state index is 0.0414. The molecule has 1 rings (SSSR count). The SMILES string of the molecule is CCC(=O)NCCC(=O)Nc1cccc(Br)c1. The molecule has 0 aliphatic rings. The third-order valence-electron chi connectivity index (χ3n) is 2.10. The first-order chi connectivity index (χ1) is 8.11. The molecule has 2 N–H and O–H groups in total. The van der Waals surface area contributed by atoms with Crippen LogP contribution in [0.3, 0.4) is 0 Å². The van der Waals surface area contributed by atoms with E-state index in [2.05, 4.69) is 26.6 Å². The van der Waals surface area contributed by atoms with Gasteiger partial charge in [0.1, 0.15) is 0 Å². The van der Waals surface area contributed by atoms with Gasteiger partial charge in [-0.1, -0.05) is 28.9 Å². The number of halogens is 1. The highest BCUT2D eigenvalue weighted by Crippen LogP contribution is 2.15. The molecule has 0 fully saturated rings. The highest BCUT2D eigenvalue weighted by Gasteiger charge is 2.03. The van der Waals surface area contributed by atoms with Crippen molar-refractivity contribution >= 4 is 33.4 Å². The molecule has 2 amide bonds. The summed E-state index contributed by atoms with van der Waals surface area (Å²) in [5.41, 5.74) is 0.742. The fourth-order valence-corrected chi connectivity index (χ4v) is 1.63. The second-order valence-corrected chi connectivity index (χ2v) is 4.43. The van der Waals surface area contributed by atoms with Crippen molar-refractivity contribution in [3.8, 4) is 0 Å². The molecule has 92 valence electrons. The maximum Gasteiger partial charge on any atom is 0.226 e. The summed E-state index contributed by atoms with van der Waals surface area (Å²) in [6.07, 6.45) is 0.714. The van der Waals surface area contributed by atoms with E-state index in [0.29, 0.717) is 13.0 Å². The predicted octanol–water partition coefficient (Wildman–Crippen LogP) is 2.30. The van der Waals surface area contributed by atoms with E-state index in [9.17, 15) is 9.59 Å². The van der Waals surface area contributed by atoms with Gasteiger partial charge < -0.3 is 10.6 Å². The fraction of sp³-hybridized carbons (Fsp3) is 0.333. The van der Waals surface area contributed by atoms with Crippen LogP contribution in [-0.2, 0) is 9.59 Å². The third kappa shape index (κ3) is 5.49. The largest absolute Gasteiger partial charge is 0.356 e.